The number of nitrogens with zero attached hydrogens (tertiary/aromatic N) is 2. The van der Waals surface area contributed by atoms with Gasteiger partial charge in [-0.1, -0.05) is 0 Å². The molecule has 4 atom stereocenters. The summed E-state index contributed by atoms with van der Waals surface area (Å²) in [7, 11) is -11.2. The molecular weight excluding hydrogens is 441 g/mol. The van der Waals surface area contributed by atoms with Crippen LogP contribution in [0.5, 0.6) is 0 Å². The first kappa shape index (κ1) is 31.0. The van der Waals surface area contributed by atoms with Gasteiger partial charge in [-0.15, -0.1) is 0 Å². The molecule has 1 aliphatic rings. The quantitative estimate of drug-likeness (QED) is 0.304. The number of phosphoric acid groups is 2. The fraction of sp³-hybridized carbons (Fsp3) is 0.556. The second-order valence-corrected chi connectivity index (χ2v) is 7.45. The standard InChI is InChI=1S/C9H15N3O10P2.3Na/c10-7-1-2-12(9(14)11-7)8-3-5(13)6(21-8)4-20-24(18,19)22-23(15,16)17;;;/h1-2,5-6,8,13H,3-4H2,(H,18,19)(H2,10,11,14)(H2,15,16,17);;;/q;3*+1/p-3. The smallest absolute Gasteiger partial charge is 0.790 e. The summed E-state index contributed by atoms with van der Waals surface area (Å²) in [5.41, 5.74) is 4.59. The molecule has 18 heteroatoms. The number of hydrogen-bond donors (Lipinski definition) is 2. The molecule has 1 aromatic heterocycles. The second kappa shape index (κ2) is 12.7. The molecule has 0 spiro atoms. The Labute approximate surface area is 219 Å². The van der Waals surface area contributed by atoms with Crippen LogP contribution in [0.25, 0.3) is 0 Å². The summed E-state index contributed by atoms with van der Waals surface area (Å²) in [6.45, 7) is -0.824. The SMILES string of the molecule is Nc1ccn(C2CC(O)C(COP(=O)([O-])OP(=O)([O-])[O-])O2)c(=O)n1.[Na+].[Na+].[Na+]. The van der Waals surface area contributed by atoms with E-state index >= 15 is 0 Å². The molecule has 0 saturated carbocycles. The Morgan fingerprint density at radius 3 is 2.44 bits per heavy atom. The number of aliphatic hydroxyl groups excluding tert-OH is 1. The molecule has 13 nitrogen and oxygen atoms in total. The zero-order chi connectivity index (χ0) is 18.1. The van der Waals surface area contributed by atoms with Crippen molar-refractivity contribution in [3.05, 3.63) is 22.7 Å². The topological polar surface area (TPSA) is 212 Å². The molecule has 4 unspecified atom stereocenters. The van der Waals surface area contributed by atoms with Gasteiger partial charge in [-0.2, -0.15) is 4.98 Å². The predicted octanol–water partition coefficient (Wildman–Crippen LogP) is -12.2. The second-order valence-electron chi connectivity index (χ2n) is 4.75. The van der Waals surface area contributed by atoms with Crippen molar-refractivity contribution in [2.75, 3.05) is 12.3 Å². The van der Waals surface area contributed by atoms with Crippen LogP contribution in [0, 0.1) is 0 Å². The minimum Gasteiger partial charge on any atom is -0.790 e. The van der Waals surface area contributed by atoms with E-state index in [-0.39, 0.29) is 101 Å². The molecule has 136 valence electrons. The van der Waals surface area contributed by atoms with E-state index in [2.05, 4.69) is 13.8 Å². The first-order valence-electron chi connectivity index (χ1n) is 6.34. The Morgan fingerprint density at radius 1 is 1.33 bits per heavy atom. The van der Waals surface area contributed by atoms with E-state index < -0.39 is 46.4 Å². The van der Waals surface area contributed by atoms with Crippen LogP contribution in [0.1, 0.15) is 12.6 Å². The van der Waals surface area contributed by atoms with E-state index in [1.807, 2.05) is 0 Å². The maximum absolute atomic E-state index is 11.7. The van der Waals surface area contributed by atoms with Crippen molar-refractivity contribution in [1.29, 1.82) is 0 Å². The molecule has 1 aromatic rings. The number of phosphoric ester groups is 1. The van der Waals surface area contributed by atoms with Crippen molar-refractivity contribution >= 4 is 21.5 Å². The number of anilines is 1. The fourth-order valence-electron chi connectivity index (χ4n) is 1.99. The van der Waals surface area contributed by atoms with Gasteiger partial charge in [0.15, 0.2) is 0 Å². The molecule has 0 amide bonds. The molecule has 0 aromatic carbocycles. The fourth-order valence-corrected chi connectivity index (χ4v) is 3.49. The number of rotatable bonds is 6. The normalized spacial score (nSPS) is 24.1. The summed E-state index contributed by atoms with van der Waals surface area (Å²) in [6, 6.07) is 1.32. The Kier molecular flexibility index (Phi) is 14.5. The van der Waals surface area contributed by atoms with Crippen LogP contribution in [0.15, 0.2) is 17.1 Å². The van der Waals surface area contributed by atoms with Gasteiger partial charge in [0.05, 0.1) is 20.5 Å². The van der Waals surface area contributed by atoms with Crippen LogP contribution < -0.4 is 115 Å². The van der Waals surface area contributed by atoms with Crippen molar-refractivity contribution in [3.8, 4) is 0 Å². The number of aromatic nitrogens is 2. The molecule has 0 radical (unpaired) electrons. The van der Waals surface area contributed by atoms with Gasteiger partial charge >= 0.3 is 94.4 Å². The molecule has 3 N–H and O–H groups in total. The van der Waals surface area contributed by atoms with Crippen molar-refractivity contribution in [2.24, 2.45) is 0 Å². The van der Waals surface area contributed by atoms with Gasteiger partial charge in [0, 0.05) is 12.6 Å². The molecular formula is C9H12N3Na3O10P2. The minimum absolute atomic E-state index is 0. The monoisotopic (exact) mass is 453 g/mol. The predicted molar refractivity (Wildman–Crippen MR) is 69.7 cm³/mol. The van der Waals surface area contributed by atoms with Gasteiger partial charge in [-0.3, -0.25) is 13.4 Å². The number of nitrogens with two attached hydrogens (primary N) is 1. The third-order valence-electron chi connectivity index (χ3n) is 2.96. The van der Waals surface area contributed by atoms with Gasteiger partial charge in [-0.25, -0.2) is 4.79 Å². The summed E-state index contributed by atoms with van der Waals surface area (Å²) >= 11 is 0. The van der Waals surface area contributed by atoms with Gasteiger partial charge < -0.3 is 39.3 Å². The van der Waals surface area contributed by atoms with Crippen molar-refractivity contribution in [3.63, 3.8) is 0 Å². The molecule has 2 rings (SSSR count). The Morgan fingerprint density at radius 2 is 1.93 bits per heavy atom. The number of nitrogen functional groups attached to an aromatic ring is 1. The largest absolute Gasteiger partial charge is 1.00 e. The molecule has 0 bridgehead atoms. The Bertz CT molecular complexity index is 761. The molecule has 1 fully saturated rings. The summed E-state index contributed by atoms with van der Waals surface area (Å²) < 4.78 is 35.2. The Balaban J connectivity index is 0. The van der Waals surface area contributed by atoms with Crippen LogP contribution >= 0.6 is 15.6 Å². The summed E-state index contributed by atoms with van der Waals surface area (Å²) in [5.74, 6) is -0.0150. The van der Waals surface area contributed by atoms with E-state index in [1.54, 1.807) is 0 Å². The van der Waals surface area contributed by atoms with Crippen LogP contribution in [0.4, 0.5) is 5.82 Å². The minimum atomic E-state index is -5.80. The number of aliphatic hydroxyl groups is 1. The van der Waals surface area contributed by atoms with Crippen LogP contribution in [0.2, 0.25) is 0 Å². The molecule has 2 heterocycles. The molecule has 1 aliphatic heterocycles. The first-order chi connectivity index (χ1) is 11.0. The number of ether oxygens (including phenoxy) is 1. The maximum atomic E-state index is 11.7. The number of hydrogen-bond acceptors (Lipinski definition) is 12. The van der Waals surface area contributed by atoms with E-state index in [1.165, 1.54) is 12.3 Å². The van der Waals surface area contributed by atoms with Crippen LogP contribution in [-0.2, 0) is 22.7 Å². The zero-order valence-electron chi connectivity index (χ0n) is 14.8. The first-order valence-corrected chi connectivity index (χ1v) is 9.26. The average Bonchev–Trinajstić information content (AvgIpc) is 2.75. The summed E-state index contributed by atoms with van der Waals surface area (Å²) in [4.78, 5) is 46.8. The van der Waals surface area contributed by atoms with E-state index in [9.17, 15) is 33.7 Å². The van der Waals surface area contributed by atoms with E-state index in [0.29, 0.717) is 0 Å². The summed E-state index contributed by atoms with van der Waals surface area (Å²) in [5, 5.41) is 9.82. The van der Waals surface area contributed by atoms with Gasteiger partial charge in [-0.05, 0) is 6.07 Å². The van der Waals surface area contributed by atoms with E-state index in [0.717, 1.165) is 4.57 Å². The van der Waals surface area contributed by atoms with Crippen molar-refractivity contribution in [2.45, 2.75) is 24.9 Å². The third kappa shape index (κ3) is 10.1. The van der Waals surface area contributed by atoms with E-state index in [4.69, 9.17) is 10.5 Å². The Hall–Kier alpha value is 1.86. The van der Waals surface area contributed by atoms with Crippen molar-refractivity contribution < 1.29 is 131 Å². The molecule has 27 heavy (non-hydrogen) atoms. The van der Waals surface area contributed by atoms with Crippen LogP contribution in [0.3, 0.4) is 0 Å². The van der Waals surface area contributed by atoms with Gasteiger partial charge in [0.25, 0.3) is 7.82 Å². The molecule has 1 saturated heterocycles. The van der Waals surface area contributed by atoms with Crippen molar-refractivity contribution in [1.82, 2.24) is 9.55 Å². The zero-order valence-corrected chi connectivity index (χ0v) is 22.6. The van der Waals surface area contributed by atoms with Gasteiger partial charge in [0.2, 0.25) is 0 Å². The summed E-state index contributed by atoms with van der Waals surface area (Å²) in [6.07, 6.45) is -2.23. The average molecular weight is 453 g/mol. The van der Waals surface area contributed by atoms with Crippen LogP contribution in [-0.4, -0.2) is 33.5 Å². The van der Waals surface area contributed by atoms with Gasteiger partial charge in [0.1, 0.15) is 18.1 Å². The maximum Gasteiger partial charge on any atom is 1.00 e. The molecule has 0 aliphatic carbocycles. The third-order valence-corrected chi connectivity index (χ3v) is 5.03.